The van der Waals surface area contributed by atoms with Crippen molar-refractivity contribution in [3.05, 3.63) is 83.9 Å². The molecule has 0 aromatic heterocycles. The minimum Gasteiger partial charge on any atom is -0.494 e. The molecule has 0 radical (unpaired) electrons. The Balaban J connectivity index is 1.30. The Kier molecular flexibility index (Phi) is 11.8. The predicted octanol–water partition coefficient (Wildman–Crippen LogP) is 10.1. The van der Waals surface area contributed by atoms with Crippen LogP contribution in [0.25, 0.3) is 21.5 Å². The molecule has 40 heavy (non-hydrogen) atoms. The van der Waals surface area contributed by atoms with E-state index in [0.29, 0.717) is 0 Å². The van der Waals surface area contributed by atoms with Crippen molar-refractivity contribution in [1.29, 1.82) is 0 Å². The average molecular weight is 531 g/mol. The second-order valence-corrected chi connectivity index (χ2v) is 10.5. The first-order valence-electron chi connectivity index (χ1n) is 15.1. The molecule has 0 N–H and O–H groups in total. The van der Waals surface area contributed by atoms with Gasteiger partial charge in [-0.05, 0) is 94.8 Å². The lowest BCUT2D eigenvalue weighted by atomic mass is 10.1. The van der Waals surface area contributed by atoms with Crippen molar-refractivity contribution in [3.63, 3.8) is 0 Å². The van der Waals surface area contributed by atoms with Gasteiger partial charge in [0.25, 0.3) is 0 Å². The fourth-order valence-corrected chi connectivity index (χ4v) is 4.78. The first-order chi connectivity index (χ1) is 19.7. The molecule has 0 aliphatic rings. The summed E-state index contributed by atoms with van der Waals surface area (Å²) in [4.78, 5) is 0. The van der Waals surface area contributed by atoms with E-state index >= 15 is 0 Å². The highest BCUT2D eigenvalue weighted by Crippen LogP contribution is 2.23. The van der Waals surface area contributed by atoms with E-state index in [9.17, 15) is 0 Å². The van der Waals surface area contributed by atoms with Gasteiger partial charge in [-0.15, -0.1) is 0 Å². The van der Waals surface area contributed by atoms with Gasteiger partial charge in [0, 0.05) is 11.1 Å². The summed E-state index contributed by atoms with van der Waals surface area (Å²) >= 11 is 0. The molecule has 4 rings (SSSR count). The monoisotopic (exact) mass is 530 g/mol. The summed E-state index contributed by atoms with van der Waals surface area (Å²) in [5.74, 6) is 14.3. The summed E-state index contributed by atoms with van der Waals surface area (Å²) in [7, 11) is 0. The minimum absolute atomic E-state index is 0.781. The van der Waals surface area contributed by atoms with Crippen molar-refractivity contribution in [3.8, 4) is 35.2 Å². The van der Waals surface area contributed by atoms with E-state index in [2.05, 4.69) is 98.2 Å². The van der Waals surface area contributed by atoms with Gasteiger partial charge in [0.15, 0.2) is 0 Å². The molecule has 0 fully saturated rings. The molecule has 0 aliphatic carbocycles. The summed E-state index contributed by atoms with van der Waals surface area (Å²) in [6, 6.07) is 25.1. The van der Waals surface area contributed by atoms with E-state index in [4.69, 9.17) is 9.47 Å². The quantitative estimate of drug-likeness (QED) is 0.119. The Bertz CT molecular complexity index is 1380. The number of fused-ring (bicyclic) bond motifs is 2. The maximum Gasteiger partial charge on any atom is 0.119 e. The highest BCUT2D eigenvalue weighted by Gasteiger charge is 2.01. The van der Waals surface area contributed by atoms with Gasteiger partial charge in [-0.3, -0.25) is 0 Å². The fraction of sp³-hybridized carbons (Fsp3) is 0.368. The molecule has 4 aromatic rings. The Morgan fingerprint density at radius 1 is 0.450 bits per heavy atom. The van der Waals surface area contributed by atoms with E-state index in [0.717, 1.165) is 70.2 Å². The van der Waals surface area contributed by atoms with Gasteiger partial charge >= 0.3 is 0 Å². The van der Waals surface area contributed by atoms with Crippen molar-refractivity contribution in [1.82, 2.24) is 0 Å². The molecule has 0 bridgehead atoms. The lowest BCUT2D eigenvalue weighted by molar-refractivity contribution is 0.305. The van der Waals surface area contributed by atoms with E-state index in [-0.39, 0.29) is 0 Å². The first-order valence-corrected chi connectivity index (χ1v) is 15.1. The van der Waals surface area contributed by atoms with Crippen LogP contribution >= 0.6 is 0 Å². The van der Waals surface area contributed by atoms with Crippen molar-refractivity contribution < 1.29 is 9.47 Å². The molecular formula is C38H42O2. The van der Waals surface area contributed by atoms with Crippen LogP contribution in [-0.2, 0) is 0 Å². The number of benzene rings is 4. The smallest absolute Gasteiger partial charge is 0.119 e. The molecule has 0 atom stereocenters. The standard InChI is InChI=1S/C38H42O2/c1-3-5-7-9-13-25-39-37-23-21-33-27-31(17-19-35(33)29-37)15-11-12-16-32-18-20-36-30-38(24-22-34(36)28-32)40-26-14-10-8-6-4-2/h17-24,27-30H,3-10,13-14,25-26H2,1-2H3. The number of unbranched alkanes of at least 4 members (excludes halogenated alkanes) is 8. The molecular weight excluding hydrogens is 488 g/mol. The van der Waals surface area contributed by atoms with E-state index in [1.165, 1.54) is 51.4 Å². The zero-order valence-electron chi connectivity index (χ0n) is 24.2. The first kappa shape index (κ1) is 29.1. The SMILES string of the molecule is CCCCCCCOc1ccc2cc(C#CC#Cc3ccc4cc(OCCCCCCC)ccc4c3)ccc2c1. The van der Waals surface area contributed by atoms with Crippen LogP contribution in [0.4, 0.5) is 0 Å². The Hall–Kier alpha value is -3.88. The number of rotatable bonds is 14. The maximum absolute atomic E-state index is 5.96. The summed E-state index contributed by atoms with van der Waals surface area (Å²) in [5.41, 5.74) is 1.92. The second-order valence-electron chi connectivity index (χ2n) is 10.5. The van der Waals surface area contributed by atoms with Crippen LogP contribution in [0.2, 0.25) is 0 Å². The van der Waals surface area contributed by atoms with Gasteiger partial charge in [0.1, 0.15) is 11.5 Å². The van der Waals surface area contributed by atoms with Crippen molar-refractivity contribution >= 4 is 21.5 Å². The van der Waals surface area contributed by atoms with Gasteiger partial charge in [-0.1, -0.05) is 101 Å². The summed E-state index contributed by atoms with van der Waals surface area (Å²) < 4.78 is 11.9. The third-order valence-electron chi connectivity index (χ3n) is 7.13. The lowest BCUT2D eigenvalue weighted by Gasteiger charge is -2.07. The van der Waals surface area contributed by atoms with Gasteiger partial charge in [0.05, 0.1) is 13.2 Å². The molecule has 0 unspecified atom stereocenters. The zero-order chi connectivity index (χ0) is 27.8. The van der Waals surface area contributed by atoms with Crippen molar-refractivity contribution in [2.75, 3.05) is 13.2 Å². The number of ether oxygens (including phenoxy) is 2. The van der Waals surface area contributed by atoms with Gasteiger partial charge in [-0.2, -0.15) is 0 Å². The molecule has 2 nitrogen and oxygen atoms in total. The summed E-state index contributed by atoms with van der Waals surface area (Å²) in [6.07, 6.45) is 12.5. The normalized spacial score (nSPS) is 10.6. The molecule has 0 amide bonds. The van der Waals surface area contributed by atoms with Crippen LogP contribution in [0, 0.1) is 23.7 Å². The minimum atomic E-state index is 0.781. The Morgan fingerprint density at radius 3 is 1.30 bits per heavy atom. The molecule has 0 heterocycles. The van der Waals surface area contributed by atoms with Crippen LogP contribution in [-0.4, -0.2) is 13.2 Å². The number of hydrogen-bond donors (Lipinski definition) is 0. The van der Waals surface area contributed by atoms with Crippen LogP contribution in [0.5, 0.6) is 11.5 Å². The fourth-order valence-electron chi connectivity index (χ4n) is 4.78. The van der Waals surface area contributed by atoms with Crippen LogP contribution < -0.4 is 9.47 Å². The predicted molar refractivity (Wildman–Crippen MR) is 170 cm³/mol. The molecule has 0 saturated heterocycles. The van der Waals surface area contributed by atoms with Crippen molar-refractivity contribution in [2.24, 2.45) is 0 Å². The van der Waals surface area contributed by atoms with E-state index in [1.807, 2.05) is 12.1 Å². The largest absolute Gasteiger partial charge is 0.494 e. The van der Waals surface area contributed by atoms with Crippen LogP contribution in [0.1, 0.15) is 89.2 Å². The van der Waals surface area contributed by atoms with Crippen molar-refractivity contribution in [2.45, 2.75) is 78.1 Å². The highest BCUT2D eigenvalue weighted by atomic mass is 16.5. The van der Waals surface area contributed by atoms with E-state index < -0.39 is 0 Å². The molecule has 0 spiro atoms. The second kappa shape index (κ2) is 16.3. The van der Waals surface area contributed by atoms with Gasteiger partial charge in [-0.25, -0.2) is 0 Å². The Morgan fingerprint density at radius 2 is 0.850 bits per heavy atom. The van der Waals surface area contributed by atoms with E-state index in [1.54, 1.807) is 0 Å². The molecule has 4 aromatic carbocycles. The number of hydrogen-bond acceptors (Lipinski definition) is 2. The molecule has 0 saturated carbocycles. The lowest BCUT2D eigenvalue weighted by Crippen LogP contribution is -1.97. The van der Waals surface area contributed by atoms with Crippen LogP contribution in [0.3, 0.4) is 0 Å². The zero-order valence-corrected chi connectivity index (χ0v) is 24.2. The molecule has 206 valence electrons. The third-order valence-corrected chi connectivity index (χ3v) is 7.13. The summed E-state index contributed by atoms with van der Waals surface area (Å²) in [5, 5.41) is 4.64. The third kappa shape index (κ3) is 9.39. The van der Waals surface area contributed by atoms with Gasteiger partial charge < -0.3 is 9.47 Å². The Labute approximate surface area is 241 Å². The van der Waals surface area contributed by atoms with Crippen LogP contribution in [0.15, 0.2) is 72.8 Å². The molecule has 2 heteroatoms. The maximum atomic E-state index is 5.96. The summed E-state index contributed by atoms with van der Waals surface area (Å²) in [6.45, 7) is 6.04. The topological polar surface area (TPSA) is 18.5 Å². The van der Waals surface area contributed by atoms with Gasteiger partial charge in [0.2, 0.25) is 0 Å². The molecule has 0 aliphatic heterocycles. The highest BCUT2D eigenvalue weighted by molar-refractivity contribution is 5.86. The average Bonchev–Trinajstić information content (AvgIpc) is 2.98.